The minimum Gasteiger partial charge on any atom is -0.423 e. The summed E-state index contributed by atoms with van der Waals surface area (Å²) in [4.78, 5) is 11.5. The highest BCUT2D eigenvalue weighted by Crippen LogP contribution is 2.28. The molecule has 0 aliphatic carbocycles. The van der Waals surface area contributed by atoms with Crippen LogP contribution < -0.4 is 4.74 Å². The van der Waals surface area contributed by atoms with E-state index < -0.39 is 0 Å². The van der Waals surface area contributed by atoms with Crippen LogP contribution in [0, 0.1) is 0 Å². The Balaban J connectivity index is 1.66. The second kappa shape index (κ2) is 9.95. The zero-order valence-electron chi connectivity index (χ0n) is 16.2. The van der Waals surface area contributed by atoms with E-state index in [1.165, 1.54) is 25.3 Å². The van der Waals surface area contributed by atoms with Crippen LogP contribution in [0.4, 0.5) is 0 Å². The lowest BCUT2D eigenvalue weighted by atomic mass is 10.0. The molecule has 3 rings (SSSR count). The first-order chi connectivity index (χ1) is 13.7. The van der Waals surface area contributed by atoms with Gasteiger partial charge in [0.25, 0.3) is 0 Å². The first-order valence-corrected chi connectivity index (χ1v) is 10.4. The van der Waals surface area contributed by atoms with Crippen molar-refractivity contribution in [1.29, 1.82) is 0 Å². The number of ether oxygens (including phenoxy) is 1. The van der Waals surface area contributed by atoms with Gasteiger partial charge in [0.2, 0.25) is 0 Å². The standard InChI is InChI=1S/C23H24N2O2S/c1-3-5-6-8-21-24-25-23(28-21)19-11-9-17(10-12-19)18-13-15-20(16-14-18)27-22(26)7-4-2/h4,7,9-16H,3,5-6,8H2,1-2H3. The molecule has 0 saturated heterocycles. The Bertz CT molecular complexity index is 928. The molecule has 28 heavy (non-hydrogen) atoms. The molecule has 0 aliphatic heterocycles. The van der Waals surface area contributed by atoms with E-state index >= 15 is 0 Å². The number of benzene rings is 2. The zero-order valence-corrected chi connectivity index (χ0v) is 17.0. The molecule has 5 heteroatoms. The smallest absolute Gasteiger partial charge is 0.335 e. The number of aromatic nitrogens is 2. The summed E-state index contributed by atoms with van der Waals surface area (Å²) in [6.45, 7) is 3.99. The largest absolute Gasteiger partial charge is 0.423 e. The number of carbonyl (C=O) groups excluding carboxylic acids is 1. The third-order valence-electron chi connectivity index (χ3n) is 4.30. The van der Waals surface area contributed by atoms with Crippen molar-refractivity contribution in [3.8, 4) is 27.4 Å². The summed E-state index contributed by atoms with van der Waals surface area (Å²) in [6.07, 6.45) is 7.68. The summed E-state index contributed by atoms with van der Waals surface area (Å²) in [7, 11) is 0. The predicted molar refractivity (Wildman–Crippen MR) is 114 cm³/mol. The van der Waals surface area contributed by atoms with E-state index in [0.717, 1.165) is 33.1 Å². The number of unbranched alkanes of at least 4 members (excludes halogenated alkanes) is 2. The SMILES string of the molecule is CC=CC(=O)Oc1ccc(-c2ccc(-c3nnc(CCCCC)s3)cc2)cc1. The van der Waals surface area contributed by atoms with Gasteiger partial charge in [0.05, 0.1) is 0 Å². The molecule has 1 heterocycles. The molecule has 0 fully saturated rings. The second-order valence-corrected chi connectivity index (χ2v) is 7.54. The van der Waals surface area contributed by atoms with Gasteiger partial charge in [-0.1, -0.05) is 73.6 Å². The number of rotatable bonds is 8. The summed E-state index contributed by atoms with van der Waals surface area (Å²) in [6, 6.07) is 15.8. The number of esters is 1. The monoisotopic (exact) mass is 392 g/mol. The summed E-state index contributed by atoms with van der Waals surface area (Å²) in [5.74, 6) is 0.165. The van der Waals surface area contributed by atoms with Crippen molar-refractivity contribution in [2.45, 2.75) is 39.5 Å². The van der Waals surface area contributed by atoms with E-state index in [1.807, 2.05) is 12.1 Å². The maximum absolute atomic E-state index is 11.5. The highest BCUT2D eigenvalue weighted by molar-refractivity contribution is 7.14. The van der Waals surface area contributed by atoms with Gasteiger partial charge in [-0.2, -0.15) is 0 Å². The second-order valence-electron chi connectivity index (χ2n) is 6.48. The lowest BCUT2D eigenvalue weighted by Crippen LogP contribution is -2.03. The number of nitrogens with zero attached hydrogens (tertiary/aromatic N) is 2. The Kier molecular flexibility index (Phi) is 7.09. The van der Waals surface area contributed by atoms with Gasteiger partial charge in [-0.15, -0.1) is 10.2 Å². The Morgan fingerprint density at radius 2 is 1.61 bits per heavy atom. The quantitative estimate of drug-likeness (QED) is 0.202. The van der Waals surface area contributed by atoms with E-state index in [2.05, 4.69) is 41.4 Å². The van der Waals surface area contributed by atoms with Crippen molar-refractivity contribution in [1.82, 2.24) is 10.2 Å². The zero-order chi connectivity index (χ0) is 19.8. The van der Waals surface area contributed by atoms with Gasteiger partial charge in [-0.3, -0.25) is 0 Å². The number of hydrogen-bond acceptors (Lipinski definition) is 5. The average Bonchev–Trinajstić information content (AvgIpc) is 3.18. The average molecular weight is 393 g/mol. The highest BCUT2D eigenvalue weighted by atomic mass is 32.1. The fraction of sp³-hybridized carbons (Fsp3) is 0.261. The Morgan fingerprint density at radius 3 is 2.25 bits per heavy atom. The van der Waals surface area contributed by atoms with E-state index in [4.69, 9.17) is 4.74 Å². The molecule has 0 saturated carbocycles. The van der Waals surface area contributed by atoms with Gasteiger partial charge in [-0.25, -0.2) is 4.79 Å². The lowest BCUT2D eigenvalue weighted by Gasteiger charge is -2.05. The van der Waals surface area contributed by atoms with Gasteiger partial charge >= 0.3 is 5.97 Å². The molecule has 4 nitrogen and oxygen atoms in total. The molecule has 0 unspecified atom stereocenters. The molecule has 2 aromatic carbocycles. The van der Waals surface area contributed by atoms with Crippen LogP contribution in [-0.2, 0) is 11.2 Å². The van der Waals surface area contributed by atoms with Crippen LogP contribution in [0.2, 0.25) is 0 Å². The van der Waals surface area contributed by atoms with Crippen molar-refractivity contribution in [2.24, 2.45) is 0 Å². The lowest BCUT2D eigenvalue weighted by molar-refractivity contribution is -0.129. The molecule has 0 spiro atoms. The van der Waals surface area contributed by atoms with Crippen molar-refractivity contribution in [2.75, 3.05) is 0 Å². The molecule has 1 aromatic heterocycles. The maximum Gasteiger partial charge on any atom is 0.335 e. The summed E-state index contributed by atoms with van der Waals surface area (Å²) in [5.41, 5.74) is 3.25. The van der Waals surface area contributed by atoms with Crippen molar-refractivity contribution in [3.05, 3.63) is 65.7 Å². The maximum atomic E-state index is 11.5. The molecule has 144 valence electrons. The molecule has 0 radical (unpaired) electrons. The van der Waals surface area contributed by atoms with Gasteiger partial charge in [0.1, 0.15) is 15.8 Å². The topological polar surface area (TPSA) is 52.1 Å². The number of aryl methyl sites for hydroxylation is 1. The van der Waals surface area contributed by atoms with E-state index in [0.29, 0.717) is 5.75 Å². The summed E-state index contributed by atoms with van der Waals surface area (Å²) >= 11 is 1.67. The molecule has 0 amide bonds. The Hall–Kier alpha value is -2.79. The van der Waals surface area contributed by atoms with Gasteiger partial charge in [-0.05, 0) is 36.6 Å². The summed E-state index contributed by atoms with van der Waals surface area (Å²) in [5, 5.41) is 10.7. The van der Waals surface area contributed by atoms with Crippen LogP contribution in [0.5, 0.6) is 5.75 Å². The third-order valence-corrected chi connectivity index (χ3v) is 5.33. The van der Waals surface area contributed by atoms with Crippen LogP contribution in [0.25, 0.3) is 21.7 Å². The highest BCUT2D eigenvalue weighted by Gasteiger charge is 2.07. The fourth-order valence-corrected chi connectivity index (χ4v) is 3.69. The van der Waals surface area contributed by atoms with Crippen LogP contribution in [0.15, 0.2) is 60.7 Å². The molecular formula is C23H24N2O2S. The molecule has 0 atom stereocenters. The van der Waals surface area contributed by atoms with Crippen LogP contribution in [0.1, 0.15) is 38.1 Å². The van der Waals surface area contributed by atoms with Gasteiger partial charge in [0.15, 0.2) is 0 Å². The third kappa shape index (κ3) is 5.36. The van der Waals surface area contributed by atoms with Gasteiger partial charge < -0.3 is 4.74 Å². The van der Waals surface area contributed by atoms with Crippen LogP contribution >= 0.6 is 11.3 Å². The molecule has 3 aromatic rings. The van der Waals surface area contributed by atoms with E-state index in [9.17, 15) is 4.79 Å². The minimum atomic E-state index is -0.370. The minimum absolute atomic E-state index is 0.370. The number of carbonyl (C=O) groups is 1. The molecular weight excluding hydrogens is 368 g/mol. The number of allylic oxidation sites excluding steroid dienone is 1. The Morgan fingerprint density at radius 1 is 0.964 bits per heavy atom. The first-order valence-electron chi connectivity index (χ1n) is 9.57. The van der Waals surface area contributed by atoms with Crippen molar-refractivity contribution < 1.29 is 9.53 Å². The van der Waals surface area contributed by atoms with Crippen LogP contribution in [-0.4, -0.2) is 16.2 Å². The molecule has 0 bridgehead atoms. The first kappa shape index (κ1) is 20.0. The number of hydrogen-bond donors (Lipinski definition) is 0. The Labute approximate surface area is 169 Å². The van der Waals surface area contributed by atoms with E-state index in [1.54, 1.807) is 36.5 Å². The molecule has 0 N–H and O–H groups in total. The van der Waals surface area contributed by atoms with Crippen molar-refractivity contribution in [3.63, 3.8) is 0 Å². The van der Waals surface area contributed by atoms with Gasteiger partial charge in [0, 0.05) is 18.1 Å². The van der Waals surface area contributed by atoms with E-state index in [-0.39, 0.29) is 5.97 Å². The normalized spacial score (nSPS) is 11.1. The van der Waals surface area contributed by atoms with Crippen LogP contribution in [0.3, 0.4) is 0 Å². The summed E-state index contributed by atoms with van der Waals surface area (Å²) < 4.78 is 5.22. The fourth-order valence-electron chi connectivity index (χ4n) is 2.80. The molecule has 0 aliphatic rings. The van der Waals surface area contributed by atoms with Crippen molar-refractivity contribution >= 4 is 17.3 Å². The predicted octanol–water partition coefficient (Wildman–Crippen LogP) is 6.09.